The number of nitrogens with zero attached hydrogens (tertiary/aromatic N) is 2. The second kappa shape index (κ2) is 7.95. The van der Waals surface area contributed by atoms with Crippen LogP contribution in [0.3, 0.4) is 0 Å². The number of halogens is 4. The molecule has 1 aromatic heterocycles. The summed E-state index contributed by atoms with van der Waals surface area (Å²) in [4.78, 5) is 3.96. The molecule has 7 nitrogen and oxygen atoms in total. The van der Waals surface area contributed by atoms with Crippen molar-refractivity contribution in [1.82, 2.24) is 10.1 Å². The Morgan fingerprint density at radius 2 is 1.86 bits per heavy atom. The molecule has 29 heavy (non-hydrogen) atoms. The summed E-state index contributed by atoms with van der Waals surface area (Å²) in [5.74, 6) is -2.28. The number of alkyl halides is 3. The minimum atomic E-state index is -4.80. The van der Waals surface area contributed by atoms with Crippen LogP contribution in [0.1, 0.15) is 5.56 Å². The summed E-state index contributed by atoms with van der Waals surface area (Å²) >= 11 is 0. The second-order valence-electron chi connectivity index (χ2n) is 5.69. The normalized spacial score (nSPS) is 11.5. The van der Waals surface area contributed by atoms with E-state index in [2.05, 4.69) is 10.1 Å². The zero-order valence-electron chi connectivity index (χ0n) is 15.1. The van der Waals surface area contributed by atoms with Gasteiger partial charge < -0.3 is 23.8 Å². The predicted molar refractivity (Wildman–Crippen MR) is 90.9 cm³/mol. The molecule has 2 aromatic carbocycles. The molecule has 1 heterocycles. The van der Waals surface area contributed by atoms with Gasteiger partial charge in [0, 0.05) is 12.7 Å². The quantitative estimate of drug-likeness (QED) is 0.476. The van der Waals surface area contributed by atoms with E-state index >= 15 is 0 Å². The van der Waals surface area contributed by atoms with Crippen molar-refractivity contribution in [2.75, 3.05) is 21.0 Å². The molecular weight excluding hydrogens is 400 g/mol. The number of phenolic OH excluding ortho intramolecular Hbond substituents is 1. The van der Waals surface area contributed by atoms with E-state index in [-0.39, 0.29) is 29.7 Å². The van der Waals surface area contributed by atoms with Crippen LogP contribution in [-0.4, -0.2) is 36.3 Å². The van der Waals surface area contributed by atoms with Crippen molar-refractivity contribution in [3.8, 4) is 40.1 Å². The lowest BCUT2D eigenvalue weighted by Crippen LogP contribution is -2.07. The van der Waals surface area contributed by atoms with Crippen molar-refractivity contribution in [2.45, 2.75) is 6.18 Å². The zero-order chi connectivity index (χ0) is 21.2. The average molecular weight is 414 g/mol. The Morgan fingerprint density at radius 3 is 2.52 bits per heavy atom. The fourth-order valence-corrected chi connectivity index (χ4v) is 2.47. The van der Waals surface area contributed by atoms with E-state index in [1.54, 1.807) is 0 Å². The Morgan fingerprint density at radius 1 is 1.10 bits per heavy atom. The number of phenols is 1. The summed E-state index contributed by atoms with van der Waals surface area (Å²) in [6.45, 7) is -0.208. The Balaban J connectivity index is 2.05. The van der Waals surface area contributed by atoms with Crippen LogP contribution in [0.2, 0.25) is 0 Å². The molecule has 1 N–H and O–H groups in total. The van der Waals surface area contributed by atoms with Gasteiger partial charge in [-0.3, -0.25) is 0 Å². The third kappa shape index (κ3) is 4.24. The molecule has 11 heteroatoms. The molecule has 0 saturated carbocycles. The minimum Gasteiger partial charge on any atom is -0.504 e. The standard InChI is InChI=1S/C18H14F4N2O5/c1-26-8-28-14-5-9(3-4-12(14)19)16-23-17(29-24-16)10-6-15(27-2)13(25)7-11(10)18(20,21)22/h3-7,25H,8H2,1-2H3. The van der Waals surface area contributed by atoms with Crippen molar-refractivity contribution in [3.63, 3.8) is 0 Å². The van der Waals surface area contributed by atoms with E-state index in [0.717, 1.165) is 12.1 Å². The van der Waals surface area contributed by atoms with E-state index < -0.39 is 34.8 Å². The van der Waals surface area contributed by atoms with Crippen molar-refractivity contribution < 1.29 is 41.4 Å². The molecule has 0 radical (unpaired) electrons. The third-order valence-corrected chi connectivity index (χ3v) is 3.80. The van der Waals surface area contributed by atoms with Crippen molar-refractivity contribution >= 4 is 0 Å². The summed E-state index contributed by atoms with van der Waals surface area (Å²) in [7, 11) is 2.54. The molecular formula is C18H14F4N2O5. The summed E-state index contributed by atoms with van der Waals surface area (Å²) < 4.78 is 73.5. The largest absolute Gasteiger partial charge is 0.504 e. The topological polar surface area (TPSA) is 86.8 Å². The number of methoxy groups -OCH3 is 2. The molecule has 0 saturated heterocycles. The maximum absolute atomic E-state index is 13.8. The van der Waals surface area contributed by atoms with Crippen LogP contribution < -0.4 is 9.47 Å². The summed E-state index contributed by atoms with van der Waals surface area (Å²) in [5.41, 5.74) is -1.43. The smallest absolute Gasteiger partial charge is 0.417 e. The molecule has 0 aliphatic carbocycles. The first-order valence-corrected chi connectivity index (χ1v) is 7.98. The van der Waals surface area contributed by atoms with Crippen LogP contribution in [0.25, 0.3) is 22.8 Å². The summed E-state index contributed by atoms with van der Waals surface area (Å²) in [5, 5.41) is 13.3. The lowest BCUT2D eigenvalue weighted by molar-refractivity contribution is -0.137. The van der Waals surface area contributed by atoms with Crippen molar-refractivity contribution in [3.05, 3.63) is 41.7 Å². The third-order valence-electron chi connectivity index (χ3n) is 3.80. The average Bonchev–Trinajstić information content (AvgIpc) is 3.16. The van der Waals surface area contributed by atoms with Gasteiger partial charge in [0.1, 0.15) is 0 Å². The molecule has 0 spiro atoms. The highest BCUT2D eigenvalue weighted by Crippen LogP contribution is 2.42. The number of aromatic hydroxyl groups is 1. The minimum absolute atomic E-state index is 0.0950. The van der Waals surface area contributed by atoms with Crippen molar-refractivity contribution in [1.29, 1.82) is 0 Å². The van der Waals surface area contributed by atoms with Gasteiger partial charge in [0.25, 0.3) is 5.89 Å². The molecule has 0 aliphatic rings. The van der Waals surface area contributed by atoms with E-state index in [0.29, 0.717) is 6.07 Å². The highest BCUT2D eigenvalue weighted by molar-refractivity contribution is 5.67. The van der Waals surface area contributed by atoms with Crippen LogP contribution in [0.4, 0.5) is 17.6 Å². The van der Waals surface area contributed by atoms with Gasteiger partial charge in [-0.15, -0.1) is 0 Å². The Kier molecular flexibility index (Phi) is 5.59. The van der Waals surface area contributed by atoms with E-state index in [4.69, 9.17) is 18.7 Å². The van der Waals surface area contributed by atoms with E-state index in [1.807, 2.05) is 0 Å². The maximum atomic E-state index is 13.8. The number of benzene rings is 2. The van der Waals surface area contributed by atoms with Gasteiger partial charge in [-0.2, -0.15) is 18.2 Å². The number of ether oxygens (including phenoxy) is 3. The first kappa shape index (κ1) is 20.4. The fourth-order valence-electron chi connectivity index (χ4n) is 2.47. The predicted octanol–water partition coefficient (Wildman–Crippen LogP) is 4.26. The van der Waals surface area contributed by atoms with Gasteiger partial charge in [0.05, 0.1) is 18.2 Å². The van der Waals surface area contributed by atoms with Gasteiger partial charge in [-0.1, -0.05) is 5.16 Å². The van der Waals surface area contributed by atoms with Gasteiger partial charge in [-0.05, 0) is 30.3 Å². The molecule has 0 atom stereocenters. The molecule has 3 rings (SSSR count). The number of aromatic nitrogens is 2. The number of hydrogen-bond donors (Lipinski definition) is 1. The monoisotopic (exact) mass is 414 g/mol. The van der Waals surface area contributed by atoms with Gasteiger partial charge in [0.15, 0.2) is 29.9 Å². The van der Waals surface area contributed by atoms with Crippen LogP contribution in [0.15, 0.2) is 34.9 Å². The maximum Gasteiger partial charge on any atom is 0.417 e. The molecule has 154 valence electrons. The SMILES string of the molecule is COCOc1cc(-c2noc(-c3cc(OC)c(O)cc3C(F)(F)F)n2)ccc1F. The molecule has 0 fully saturated rings. The van der Waals surface area contributed by atoms with E-state index in [9.17, 15) is 22.7 Å². The highest BCUT2D eigenvalue weighted by atomic mass is 19.4. The number of rotatable bonds is 6. The van der Waals surface area contributed by atoms with E-state index in [1.165, 1.54) is 26.4 Å². The van der Waals surface area contributed by atoms with Crippen LogP contribution in [0.5, 0.6) is 17.2 Å². The molecule has 0 aliphatic heterocycles. The second-order valence-corrected chi connectivity index (χ2v) is 5.69. The fraction of sp³-hybridized carbons (Fsp3) is 0.222. The lowest BCUT2D eigenvalue weighted by Gasteiger charge is -2.13. The van der Waals surface area contributed by atoms with Crippen molar-refractivity contribution in [2.24, 2.45) is 0 Å². The first-order valence-electron chi connectivity index (χ1n) is 7.98. The zero-order valence-corrected chi connectivity index (χ0v) is 15.1. The van der Waals surface area contributed by atoms with Gasteiger partial charge >= 0.3 is 6.18 Å². The molecule has 0 unspecified atom stereocenters. The lowest BCUT2D eigenvalue weighted by atomic mass is 10.1. The molecule has 0 amide bonds. The summed E-state index contributed by atoms with van der Waals surface area (Å²) in [6.07, 6.45) is -4.80. The highest BCUT2D eigenvalue weighted by Gasteiger charge is 2.36. The molecule has 3 aromatic rings. The molecule has 0 bridgehead atoms. The Hall–Kier alpha value is -3.34. The van der Waals surface area contributed by atoms with Gasteiger partial charge in [-0.25, -0.2) is 4.39 Å². The van der Waals surface area contributed by atoms with Crippen LogP contribution in [0, 0.1) is 5.82 Å². The van der Waals surface area contributed by atoms with Crippen LogP contribution in [-0.2, 0) is 10.9 Å². The first-order chi connectivity index (χ1) is 13.7. The summed E-state index contributed by atoms with van der Waals surface area (Å²) in [6, 6.07) is 5.09. The van der Waals surface area contributed by atoms with Gasteiger partial charge in [0.2, 0.25) is 5.82 Å². The van der Waals surface area contributed by atoms with Crippen LogP contribution >= 0.6 is 0 Å². The number of hydrogen-bond acceptors (Lipinski definition) is 7. The Bertz CT molecular complexity index is 1020. The Labute approximate surface area is 161 Å².